The molecule has 3 aliphatic heterocycles. The summed E-state index contributed by atoms with van der Waals surface area (Å²) in [5.74, 6) is 1.78. The van der Waals surface area contributed by atoms with Gasteiger partial charge in [-0.3, -0.25) is 14.7 Å². The Balaban J connectivity index is 1.52. The number of methoxy groups -OCH3 is 1. The number of amidine groups is 1. The summed E-state index contributed by atoms with van der Waals surface area (Å²) in [7, 11) is 1.61. The Morgan fingerprint density at radius 2 is 1.87 bits per heavy atom. The van der Waals surface area contributed by atoms with Crippen LogP contribution in [0.2, 0.25) is 5.02 Å². The van der Waals surface area contributed by atoms with Gasteiger partial charge in [-0.2, -0.15) is 0 Å². The number of amides is 1. The van der Waals surface area contributed by atoms with Crippen LogP contribution < -0.4 is 9.47 Å². The normalized spacial score (nSPS) is 23.3. The van der Waals surface area contributed by atoms with Gasteiger partial charge < -0.3 is 19.3 Å². The highest BCUT2D eigenvalue weighted by Gasteiger charge is 2.42. The van der Waals surface area contributed by atoms with Crippen molar-refractivity contribution in [2.24, 2.45) is 16.8 Å². The van der Waals surface area contributed by atoms with Gasteiger partial charge in [-0.15, -0.1) is 0 Å². The molecule has 0 radical (unpaired) electrons. The molecular weight excluding hydrogens is 516 g/mol. The van der Waals surface area contributed by atoms with E-state index in [1.807, 2.05) is 69.3 Å². The molecule has 39 heavy (non-hydrogen) atoms. The lowest BCUT2D eigenvalue weighted by molar-refractivity contribution is -0.128. The third-order valence-corrected chi connectivity index (χ3v) is 8.36. The summed E-state index contributed by atoms with van der Waals surface area (Å²) in [5, 5.41) is 12.1. The molecule has 208 valence electrons. The molecule has 3 heterocycles. The van der Waals surface area contributed by atoms with Gasteiger partial charge in [-0.05, 0) is 86.6 Å². The van der Waals surface area contributed by atoms with Gasteiger partial charge in [-0.1, -0.05) is 29.8 Å². The fraction of sp³-hybridized carbons (Fsp3) is 0.484. The maximum atomic E-state index is 13.7. The average Bonchev–Trinajstić information content (AvgIpc) is 2.93. The van der Waals surface area contributed by atoms with Gasteiger partial charge in [-0.25, -0.2) is 0 Å². The van der Waals surface area contributed by atoms with Crippen LogP contribution in [0.15, 0.2) is 53.5 Å². The number of dihydropyridines is 1. The number of aliphatic imine (C=N–C) groups is 1. The summed E-state index contributed by atoms with van der Waals surface area (Å²) in [6.07, 6.45) is 5.74. The van der Waals surface area contributed by atoms with E-state index in [0.717, 1.165) is 29.5 Å². The second-order valence-electron chi connectivity index (χ2n) is 11.0. The van der Waals surface area contributed by atoms with E-state index in [-0.39, 0.29) is 30.3 Å². The Labute approximate surface area is 235 Å². The van der Waals surface area contributed by atoms with E-state index in [0.29, 0.717) is 42.1 Å². The predicted octanol–water partition coefficient (Wildman–Crippen LogP) is 5.37. The molecule has 0 spiro atoms. The van der Waals surface area contributed by atoms with Crippen molar-refractivity contribution in [3.05, 3.63) is 70.3 Å². The van der Waals surface area contributed by atoms with Crippen LogP contribution in [0.4, 0.5) is 0 Å². The first kappa shape index (κ1) is 27.7. The topological polar surface area (TPSA) is 80.6 Å². The SMILES string of the molecule is COc1cc2c(cc1OC(C)C)C(c1ccc(Cl)cc1)N(C1=NCC(C(C)(O)C3CCOCC3)C=C1)C(=O)C2. The molecule has 1 fully saturated rings. The number of fused-ring (bicyclic) bond motifs is 1. The van der Waals surface area contributed by atoms with Gasteiger partial charge >= 0.3 is 0 Å². The highest BCUT2D eigenvalue weighted by Crippen LogP contribution is 2.43. The Bertz CT molecular complexity index is 1260. The van der Waals surface area contributed by atoms with Crippen LogP contribution >= 0.6 is 11.6 Å². The number of carbonyl (C=O) groups is 1. The second-order valence-corrected chi connectivity index (χ2v) is 11.5. The summed E-state index contributed by atoms with van der Waals surface area (Å²) in [6, 6.07) is 11.0. The van der Waals surface area contributed by atoms with Crippen molar-refractivity contribution in [3.8, 4) is 11.5 Å². The molecule has 0 aliphatic carbocycles. The van der Waals surface area contributed by atoms with Gasteiger partial charge in [0.15, 0.2) is 11.5 Å². The fourth-order valence-electron chi connectivity index (χ4n) is 5.92. The lowest BCUT2D eigenvalue weighted by Gasteiger charge is -2.42. The highest BCUT2D eigenvalue weighted by atomic mass is 35.5. The minimum absolute atomic E-state index is 0.0432. The maximum absolute atomic E-state index is 13.7. The van der Waals surface area contributed by atoms with Crippen LogP contribution in [0.1, 0.15) is 56.3 Å². The van der Waals surface area contributed by atoms with Gasteiger partial charge in [0.2, 0.25) is 5.91 Å². The van der Waals surface area contributed by atoms with Crippen LogP contribution in [0.5, 0.6) is 11.5 Å². The van der Waals surface area contributed by atoms with Gasteiger partial charge in [0.1, 0.15) is 5.84 Å². The van der Waals surface area contributed by atoms with Crippen molar-refractivity contribution in [2.75, 3.05) is 26.9 Å². The van der Waals surface area contributed by atoms with Crippen molar-refractivity contribution in [1.82, 2.24) is 4.90 Å². The number of benzene rings is 2. The first-order valence-electron chi connectivity index (χ1n) is 13.7. The Morgan fingerprint density at radius 3 is 2.49 bits per heavy atom. The molecule has 3 atom stereocenters. The van der Waals surface area contributed by atoms with E-state index in [4.69, 9.17) is 30.8 Å². The second kappa shape index (κ2) is 11.3. The van der Waals surface area contributed by atoms with E-state index < -0.39 is 11.6 Å². The van der Waals surface area contributed by atoms with Crippen molar-refractivity contribution >= 4 is 23.3 Å². The Kier molecular flexibility index (Phi) is 8.04. The standard InChI is InChI=1S/C31H37ClN2O5/c1-19(2)39-27-17-25-21(15-26(27)37-4)16-29(35)34(30(25)20-5-8-24(32)9-6-20)28-10-7-23(18-33-28)31(3,36)22-11-13-38-14-12-22/h5-10,15,17,19,22-23,30,36H,11-14,16,18H2,1-4H3. The van der Waals surface area contributed by atoms with Gasteiger partial charge in [0.25, 0.3) is 0 Å². The zero-order chi connectivity index (χ0) is 27.7. The molecular formula is C31H37ClN2O5. The molecule has 2 aromatic carbocycles. The molecule has 1 N–H and O–H groups in total. The molecule has 0 bridgehead atoms. The first-order valence-corrected chi connectivity index (χ1v) is 14.0. The molecule has 5 rings (SSSR count). The van der Waals surface area contributed by atoms with Gasteiger partial charge in [0.05, 0.1) is 37.8 Å². The summed E-state index contributed by atoms with van der Waals surface area (Å²) in [5.41, 5.74) is 1.87. The van der Waals surface area contributed by atoms with Crippen molar-refractivity contribution in [3.63, 3.8) is 0 Å². The number of rotatable bonds is 6. The lowest BCUT2D eigenvalue weighted by Crippen LogP contribution is -2.48. The van der Waals surface area contributed by atoms with Crippen molar-refractivity contribution < 1.29 is 24.1 Å². The number of halogens is 1. The summed E-state index contributed by atoms with van der Waals surface area (Å²) < 4.78 is 17.2. The summed E-state index contributed by atoms with van der Waals surface area (Å²) in [6.45, 7) is 7.59. The number of aliphatic hydroxyl groups is 1. The largest absolute Gasteiger partial charge is 0.493 e. The number of hydrogen-bond donors (Lipinski definition) is 1. The van der Waals surface area contributed by atoms with Crippen LogP contribution in [-0.4, -0.2) is 60.3 Å². The monoisotopic (exact) mass is 552 g/mol. The molecule has 3 aliphatic rings. The van der Waals surface area contributed by atoms with E-state index in [1.165, 1.54) is 0 Å². The molecule has 3 unspecified atom stereocenters. The number of hydrogen-bond acceptors (Lipinski definition) is 6. The number of ether oxygens (including phenoxy) is 3. The molecule has 0 saturated carbocycles. The average molecular weight is 553 g/mol. The zero-order valence-corrected chi connectivity index (χ0v) is 23.8. The van der Waals surface area contributed by atoms with Gasteiger partial charge in [0, 0.05) is 24.2 Å². The minimum Gasteiger partial charge on any atom is -0.493 e. The van der Waals surface area contributed by atoms with Crippen molar-refractivity contribution in [1.29, 1.82) is 0 Å². The highest BCUT2D eigenvalue weighted by molar-refractivity contribution is 6.30. The van der Waals surface area contributed by atoms with Crippen molar-refractivity contribution in [2.45, 2.75) is 57.8 Å². The minimum atomic E-state index is -0.900. The smallest absolute Gasteiger partial charge is 0.233 e. The summed E-state index contributed by atoms with van der Waals surface area (Å²) in [4.78, 5) is 20.4. The van der Waals surface area contributed by atoms with Crippen LogP contribution in [-0.2, 0) is 16.0 Å². The molecule has 0 aromatic heterocycles. The fourth-order valence-corrected chi connectivity index (χ4v) is 6.05. The van der Waals surface area contributed by atoms with Crippen LogP contribution in [0.25, 0.3) is 0 Å². The maximum Gasteiger partial charge on any atom is 0.233 e. The molecule has 7 nitrogen and oxygen atoms in total. The molecule has 1 saturated heterocycles. The molecule has 2 aromatic rings. The quantitative estimate of drug-likeness (QED) is 0.521. The third-order valence-electron chi connectivity index (χ3n) is 8.11. The van der Waals surface area contributed by atoms with Crippen LogP contribution in [0, 0.1) is 11.8 Å². The molecule has 8 heteroatoms. The van der Waals surface area contributed by atoms with E-state index >= 15 is 0 Å². The zero-order valence-electron chi connectivity index (χ0n) is 23.0. The third kappa shape index (κ3) is 5.58. The van der Waals surface area contributed by atoms with Crippen LogP contribution in [0.3, 0.4) is 0 Å². The Hall–Kier alpha value is -2.87. The molecule has 1 amide bonds. The predicted molar refractivity (Wildman–Crippen MR) is 152 cm³/mol. The lowest BCUT2D eigenvalue weighted by atomic mass is 9.74. The van der Waals surface area contributed by atoms with E-state index in [1.54, 1.807) is 12.0 Å². The Morgan fingerprint density at radius 1 is 1.15 bits per heavy atom. The number of nitrogens with zero attached hydrogens (tertiary/aromatic N) is 2. The number of carbonyl (C=O) groups excluding carboxylic acids is 1. The first-order chi connectivity index (χ1) is 18.7. The van der Waals surface area contributed by atoms with E-state index in [9.17, 15) is 9.90 Å². The summed E-state index contributed by atoms with van der Waals surface area (Å²) >= 11 is 6.23. The van der Waals surface area contributed by atoms with E-state index in [2.05, 4.69) is 0 Å².